The van der Waals surface area contributed by atoms with Crippen molar-refractivity contribution in [2.24, 2.45) is 0 Å². The number of carbonyl (C=O) groups is 1. The van der Waals surface area contributed by atoms with Crippen molar-refractivity contribution in [3.63, 3.8) is 0 Å². The summed E-state index contributed by atoms with van der Waals surface area (Å²) in [5, 5.41) is 9.82. The SMILES string of the molecule is Cc1cc(NC(=O)c2cc3c(ccc4ccccc43)oc2=O)n(C(C)C)n1. The second-order valence-electron chi connectivity index (χ2n) is 6.81. The van der Waals surface area contributed by atoms with Crippen LogP contribution in [0.2, 0.25) is 0 Å². The Labute approximate surface area is 155 Å². The van der Waals surface area contributed by atoms with Gasteiger partial charge in [0.15, 0.2) is 0 Å². The van der Waals surface area contributed by atoms with Crippen LogP contribution < -0.4 is 10.9 Å². The zero-order chi connectivity index (χ0) is 19.1. The number of anilines is 1. The van der Waals surface area contributed by atoms with Crippen molar-refractivity contribution in [1.82, 2.24) is 9.78 Å². The van der Waals surface area contributed by atoms with Crippen LogP contribution in [0.15, 0.2) is 57.7 Å². The lowest BCUT2D eigenvalue weighted by molar-refractivity contribution is 0.102. The van der Waals surface area contributed by atoms with E-state index in [0.29, 0.717) is 11.4 Å². The Morgan fingerprint density at radius 3 is 2.67 bits per heavy atom. The summed E-state index contributed by atoms with van der Waals surface area (Å²) in [7, 11) is 0. The number of nitrogens with zero attached hydrogens (tertiary/aromatic N) is 2. The van der Waals surface area contributed by atoms with Crippen molar-refractivity contribution in [1.29, 1.82) is 0 Å². The van der Waals surface area contributed by atoms with E-state index in [2.05, 4.69) is 10.4 Å². The lowest BCUT2D eigenvalue weighted by Crippen LogP contribution is -2.22. The lowest BCUT2D eigenvalue weighted by atomic mass is 10.0. The van der Waals surface area contributed by atoms with Crippen LogP contribution in [-0.4, -0.2) is 15.7 Å². The van der Waals surface area contributed by atoms with Crippen LogP contribution in [0.5, 0.6) is 0 Å². The standard InChI is InChI=1S/C21H19N3O3/c1-12(2)24-19(10-13(3)23-24)22-20(25)17-11-16-15-7-5-4-6-14(15)8-9-18(16)27-21(17)26/h4-12H,1-3H3,(H,22,25). The van der Waals surface area contributed by atoms with Crippen LogP contribution in [0.25, 0.3) is 21.7 Å². The molecular formula is C21H19N3O3. The normalized spacial score (nSPS) is 11.4. The van der Waals surface area contributed by atoms with Crippen LogP contribution in [0.1, 0.15) is 35.9 Å². The minimum Gasteiger partial charge on any atom is -0.422 e. The molecule has 27 heavy (non-hydrogen) atoms. The molecule has 4 rings (SSSR count). The third kappa shape index (κ3) is 2.99. The number of rotatable bonds is 3. The first-order chi connectivity index (χ1) is 12.9. The molecule has 6 nitrogen and oxygen atoms in total. The highest BCUT2D eigenvalue weighted by molar-refractivity contribution is 6.10. The number of carbonyl (C=O) groups excluding carboxylic acids is 1. The molecule has 0 fully saturated rings. The van der Waals surface area contributed by atoms with Gasteiger partial charge in [0.1, 0.15) is 17.0 Å². The highest BCUT2D eigenvalue weighted by atomic mass is 16.4. The maximum atomic E-state index is 12.8. The van der Waals surface area contributed by atoms with E-state index in [1.807, 2.05) is 51.1 Å². The fraction of sp³-hybridized carbons (Fsp3) is 0.190. The summed E-state index contributed by atoms with van der Waals surface area (Å²) in [6.45, 7) is 5.79. The molecule has 0 saturated heterocycles. The van der Waals surface area contributed by atoms with E-state index in [9.17, 15) is 9.59 Å². The number of hydrogen-bond donors (Lipinski definition) is 1. The van der Waals surface area contributed by atoms with Crippen molar-refractivity contribution >= 4 is 33.5 Å². The smallest absolute Gasteiger partial charge is 0.349 e. The molecule has 0 aliphatic heterocycles. The van der Waals surface area contributed by atoms with Gasteiger partial charge in [-0.15, -0.1) is 0 Å². The highest BCUT2D eigenvalue weighted by Gasteiger charge is 2.18. The molecule has 136 valence electrons. The maximum absolute atomic E-state index is 12.8. The predicted molar refractivity (Wildman–Crippen MR) is 105 cm³/mol. The molecule has 0 saturated carbocycles. The largest absolute Gasteiger partial charge is 0.422 e. The summed E-state index contributed by atoms with van der Waals surface area (Å²) in [5.74, 6) is 0.0327. The zero-order valence-electron chi connectivity index (χ0n) is 15.3. The van der Waals surface area contributed by atoms with Gasteiger partial charge in [0, 0.05) is 17.5 Å². The van der Waals surface area contributed by atoms with Gasteiger partial charge in [0.25, 0.3) is 5.91 Å². The summed E-state index contributed by atoms with van der Waals surface area (Å²) in [4.78, 5) is 25.2. The van der Waals surface area contributed by atoms with E-state index in [1.54, 1.807) is 22.9 Å². The minimum atomic E-state index is -0.664. The number of amides is 1. The maximum Gasteiger partial charge on any atom is 0.349 e. The van der Waals surface area contributed by atoms with E-state index < -0.39 is 11.5 Å². The molecule has 0 aliphatic carbocycles. The topological polar surface area (TPSA) is 77.1 Å². The van der Waals surface area contributed by atoms with E-state index >= 15 is 0 Å². The summed E-state index contributed by atoms with van der Waals surface area (Å²) >= 11 is 0. The van der Waals surface area contributed by atoms with Gasteiger partial charge in [-0.3, -0.25) is 4.79 Å². The number of nitrogens with one attached hydrogen (secondary N) is 1. The molecule has 4 aromatic rings. The average Bonchev–Trinajstić information content (AvgIpc) is 3.01. The second kappa shape index (κ2) is 6.39. The van der Waals surface area contributed by atoms with Crippen molar-refractivity contribution in [3.8, 4) is 0 Å². The molecule has 0 radical (unpaired) electrons. The number of hydrogen-bond acceptors (Lipinski definition) is 4. The van der Waals surface area contributed by atoms with Crippen LogP contribution >= 0.6 is 0 Å². The number of fused-ring (bicyclic) bond motifs is 3. The Bertz CT molecular complexity index is 1230. The van der Waals surface area contributed by atoms with E-state index in [0.717, 1.165) is 21.9 Å². The fourth-order valence-corrected chi connectivity index (χ4v) is 3.22. The lowest BCUT2D eigenvalue weighted by Gasteiger charge is -2.11. The third-order valence-corrected chi connectivity index (χ3v) is 4.48. The van der Waals surface area contributed by atoms with Gasteiger partial charge in [-0.1, -0.05) is 30.3 Å². The van der Waals surface area contributed by atoms with Gasteiger partial charge in [-0.25, -0.2) is 9.48 Å². The van der Waals surface area contributed by atoms with Crippen LogP contribution in [0.4, 0.5) is 5.82 Å². The first-order valence-electron chi connectivity index (χ1n) is 8.77. The Balaban J connectivity index is 1.81. The molecule has 6 heteroatoms. The van der Waals surface area contributed by atoms with Crippen LogP contribution in [-0.2, 0) is 0 Å². The van der Waals surface area contributed by atoms with E-state index in [1.165, 1.54) is 0 Å². The molecule has 0 aliphatic rings. The molecule has 1 amide bonds. The van der Waals surface area contributed by atoms with Crippen molar-refractivity contribution in [3.05, 3.63) is 70.2 Å². The molecule has 0 atom stereocenters. The monoisotopic (exact) mass is 361 g/mol. The minimum absolute atomic E-state index is 0.0342. The summed E-state index contributed by atoms with van der Waals surface area (Å²) in [6, 6.07) is 14.9. The number of aromatic nitrogens is 2. The van der Waals surface area contributed by atoms with Gasteiger partial charge in [0.2, 0.25) is 0 Å². The van der Waals surface area contributed by atoms with Crippen LogP contribution in [0.3, 0.4) is 0 Å². The second-order valence-corrected chi connectivity index (χ2v) is 6.81. The van der Waals surface area contributed by atoms with Crippen molar-refractivity contribution in [2.75, 3.05) is 5.32 Å². The Morgan fingerprint density at radius 2 is 1.89 bits per heavy atom. The molecular weight excluding hydrogens is 342 g/mol. The third-order valence-electron chi connectivity index (χ3n) is 4.48. The summed E-state index contributed by atoms with van der Waals surface area (Å²) < 4.78 is 7.12. The zero-order valence-corrected chi connectivity index (χ0v) is 15.3. The van der Waals surface area contributed by atoms with Crippen LogP contribution in [0, 0.1) is 6.92 Å². The molecule has 2 aromatic carbocycles. The predicted octanol–water partition coefficient (Wildman–Crippen LogP) is 4.28. The average molecular weight is 361 g/mol. The molecule has 0 unspecified atom stereocenters. The fourth-order valence-electron chi connectivity index (χ4n) is 3.22. The number of benzene rings is 2. The van der Waals surface area contributed by atoms with Gasteiger partial charge in [-0.2, -0.15) is 5.10 Å². The first-order valence-corrected chi connectivity index (χ1v) is 8.77. The molecule has 0 bridgehead atoms. The van der Waals surface area contributed by atoms with Crippen molar-refractivity contribution in [2.45, 2.75) is 26.8 Å². The molecule has 2 aromatic heterocycles. The van der Waals surface area contributed by atoms with Gasteiger partial charge < -0.3 is 9.73 Å². The van der Waals surface area contributed by atoms with E-state index in [-0.39, 0.29) is 11.6 Å². The molecule has 0 spiro atoms. The summed E-state index contributed by atoms with van der Waals surface area (Å²) in [6.07, 6.45) is 0. The highest BCUT2D eigenvalue weighted by Crippen LogP contribution is 2.25. The van der Waals surface area contributed by atoms with Gasteiger partial charge in [0.05, 0.1) is 5.69 Å². The quantitative estimate of drug-likeness (QED) is 0.436. The van der Waals surface area contributed by atoms with Crippen molar-refractivity contribution < 1.29 is 9.21 Å². The Morgan fingerprint density at radius 1 is 1.11 bits per heavy atom. The van der Waals surface area contributed by atoms with Gasteiger partial charge >= 0.3 is 5.63 Å². The Hall–Kier alpha value is -3.41. The van der Waals surface area contributed by atoms with E-state index in [4.69, 9.17) is 4.42 Å². The molecule has 1 N–H and O–H groups in total. The molecule has 2 heterocycles. The first kappa shape index (κ1) is 17.0. The Kier molecular flexibility index (Phi) is 4.03. The number of aryl methyl sites for hydroxylation is 1. The summed E-state index contributed by atoms with van der Waals surface area (Å²) in [5.41, 5.74) is 0.546. The van der Waals surface area contributed by atoms with Gasteiger partial charge in [-0.05, 0) is 43.7 Å².